The molecule has 0 unspecified atom stereocenters. The van der Waals surface area contributed by atoms with E-state index in [2.05, 4.69) is 30.9 Å². The zero-order valence-electron chi connectivity index (χ0n) is 13.2. The summed E-state index contributed by atoms with van der Waals surface area (Å²) in [6, 6.07) is 9.33. The number of hydrogen-bond acceptors (Lipinski definition) is 8. The molecule has 0 radical (unpaired) electrons. The summed E-state index contributed by atoms with van der Waals surface area (Å²) in [5, 5.41) is 14.5. The Bertz CT molecular complexity index is 1010. The number of benzene rings is 1. The van der Waals surface area contributed by atoms with Crippen molar-refractivity contribution in [1.29, 1.82) is 0 Å². The van der Waals surface area contributed by atoms with E-state index in [4.69, 9.17) is 20.6 Å². The molecule has 0 bridgehead atoms. The monoisotopic (exact) mass is 356 g/mol. The molecule has 1 aromatic carbocycles. The number of halogens is 1. The van der Waals surface area contributed by atoms with Crippen LogP contribution in [0.5, 0.6) is 0 Å². The van der Waals surface area contributed by atoms with Crippen LogP contribution in [0.15, 0.2) is 45.6 Å². The maximum atomic E-state index is 6.18. The van der Waals surface area contributed by atoms with Crippen molar-refractivity contribution in [2.75, 3.05) is 10.6 Å². The number of nitrogens with zero attached hydrogens (tertiary/aromatic N) is 4. The first-order chi connectivity index (χ1) is 12.2. The fourth-order valence-corrected chi connectivity index (χ4v) is 2.42. The van der Waals surface area contributed by atoms with E-state index >= 15 is 0 Å². The summed E-state index contributed by atoms with van der Waals surface area (Å²) in [7, 11) is 0. The molecule has 0 saturated heterocycles. The minimum absolute atomic E-state index is 0.309. The highest BCUT2D eigenvalue weighted by molar-refractivity contribution is 6.31. The van der Waals surface area contributed by atoms with Crippen molar-refractivity contribution in [3.8, 4) is 0 Å². The Labute approximate surface area is 147 Å². The smallest absolute Gasteiger partial charge is 0.245 e. The average molecular weight is 357 g/mol. The Balaban J connectivity index is 1.67. The van der Waals surface area contributed by atoms with E-state index in [0.717, 1.165) is 17.0 Å². The van der Waals surface area contributed by atoms with E-state index in [0.29, 0.717) is 34.5 Å². The first kappa shape index (κ1) is 15.4. The summed E-state index contributed by atoms with van der Waals surface area (Å²) < 4.78 is 10.0. The third kappa shape index (κ3) is 3.24. The van der Waals surface area contributed by atoms with Gasteiger partial charge in [0.1, 0.15) is 5.76 Å². The molecule has 0 spiro atoms. The van der Waals surface area contributed by atoms with Gasteiger partial charge in [0.15, 0.2) is 11.6 Å². The zero-order valence-corrected chi connectivity index (χ0v) is 13.9. The highest BCUT2D eigenvalue weighted by Crippen LogP contribution is 2.27. The number of fused-ring (bicyclic) bond motifs is 1. The van der Waals surface area contributed by atoms with Crippen LogP contribution >= 0.6 is 11.6 Å². The largest absolute Gasteiger partial charge is 0.467 e. The van der Waals surface area contributed by atoms with Crippen LogP contribution in [0, 0.1) is 6.92 Å². The maximum absolute atomic E-state index is 6.18. The van der Waals surface area contributed by atoms with Gasteiger partial charge in [-0.25, -0.2) is 14.6 Å². The van der Waals surface area contributed by atoms with Crippen molar-refractivity contribution >= 4 is 40.2 Å². The lowest BCUT2D eigenvalue weighted by Crippen LogP contribution is -2.06. The molecule has 0 aliphatic heterocycles. The van der Waals surface area contributed by atoms with E-state index in [1.807, 2.05) is 37.3 Å². The first-order valence-corrected chi connectivity index (χ1v) is 7.86. The van der Waals surface area contributed by atoms with Crippen LogP contribution in [-0.2, 0) is 6.54 Å². The summed E-state index contributed by atoms with van der Waals surface area (Å²) in [6.07, 6.45) is 1.61. The van der Waals surface area contributed by atoms with E-state index < -0.39 is 0 Å². The third-order valence-corrected chi connectivity index (χ3v) is 3.97. The van der Waals surface area contributed by atoms with Gasteiger partial charge < -0.3 is 15.1 Å². The van der Waals surface area contributed by atoms with Gasteiger partial charge in [-0.05, 0) is 47.1 Å². The molecule has 0 fully saturated rings. The van der Waals surface area contributed by atoms with Gasteiger partial charge in [-0.15, -0.1) is 0 Å². The average Bonchev–Trinajstić information content (AvgIpc) is 3.27. The number of aryl methyl sites for hydroxylation is 1. The van der Waals surface area contributed by atoms with Gasteiger partial charge in [0.05, 0.1) is 12.8 Å². The zero-order chi connectivity index (χ0) is 17.2. The Kier molecular flexibility index (Phi) is 3.95. The second kappa shape index (κ2) is 6.40. The lowest BCUT2D eigenvalue weighted by molar-refractivity contribution is 0.314. The number of furan rings is 1. The molecular weight excluding hydrogens is 344 g/mol. The molecule has 4 rings (SSSR count). The molecule has 126 valence electrons. The van der Waals surface area contributed by atoms with E-state index in [-0.39, 0.29) is 0 Å². The van der Waals surface area contributed by atoms with Gasteiger partial charge in [0.25, 0.3) is 0 Å². The van der Waals surface area contributed by atoms with Crippen LogP contribution in [0.25, 0.3) is 11.3 Å². The molecule has 3 heterocycles. The first-order valence-electron chi connectivity index (χ1n) is 7.49. The van der Waals surface area contributed by atoms with Crippen molar-refractivity contribution < 1.29 is 9.05 Å². The minimum atomic E-state index is 0.309. The quantitative estimate of drug-likeness (QED) is 0.554. The Morgan fingerprint density at radius 1 is 1.08 bits per heavy atom. The second-order valence-corrected chi connectivity index (χ2v) is 5.76. The van der Waals surface area contributed by atoms with Crippen molar-refractivity contribution in [3.63, 3.8) is 0 Å². The van der Waals surface area contributed by atoms with Crippen LogP contribution in [0.3, 0.4) is 0 Å². The van der Waals surface area contributed by atoms with Gasteiger partial charge in [-0.3, -0.25) is 0 Å². The topological polar surface area (TPSA) is 102 Å². The number of rotatable bonds is 5. The molecule has 0 atom stereocenters. The standard InChI is InChI=1S/C16H13ClN6O2/c1-9-4-5-10(7-12(9)17)19-14-13(18-8-11-3-2-6-24-11)20-15-16(21-14)23-25-22-15/h2-7H,8H2,1H3,(H,18,20,22)(H,19,21,23). The third-order valence-electron chi connectivity index (χ3n) is 3.56. The van der Waals surface area contributed by atoms with Gasteiger partial charge >= 0.3 is 0 Å². The second-order valence-electron chi connectivity index (χ2n) is 5.35. The summed E-state index contributed by atoms with van der Waals surface area (Å²) >= 11 is 6.18. The lowest BCUT2D eigenvalue weighted by atomic mass is 10.2. The molecule has 0 aliphatic carbocycles. The van der Waals surface area contributed by atoms with E-state index in [9.17, 15) is 0 Å². The summed E-state index contributed by atoms with van der Waals surface area (Å²) in [5.41, 5.74) is 2.39. The molecule has 2 N–H and O–H groups in total. The Hall–Kier alpha value is -3.13. The molecular formula is C16H13ClN6O2. The van der Waals surface area contributed by atoms with Crippen molar-refractivity contribution in [1.82, 2.24) is 20.3 Å². The normalized spacial score (nSPS) is 11.0. The number of nitrogens with one attached hydrogen (secondary N) is 2. The molecule has 3 aromatic heterocycles. The predicted molar refractivity (Wildman–Crippen MR) is 92.9 cm³/mol. The summed E-state index contributed by atoms with van der Waals surface area (Å²) in [4.78, 5) is 8.80. The molecule has 0 saturated carbocycles. The maximum Gasteiger partial charge on any atom is 0.245 e. The van der Waals surface area contributed by atoms with Crippen molar-refractivity contribution in [2.45, 2.75) is 13.5 Å². The predicted octanol–water partition coefficient (Wildman–Crippen LogP) is 3.92. The van der Waals surface area contributed by atoms with Crippen LogP contribution < -0.4 is 10.6 Å². The van der Waals surface area contributed by atoms with E-state index in [1.165, 1.54) is 0 Å². The SMILES string of the molecule is Cc1ccc(Nc2nc3nonc3nc2NCc2ccco2)cc1Cl. The lowest BCUT2D eigenvalue weighted by Gasteiger charge is -2.11. The van der Waals surface area contributed by atoms with Crippen LogP contribution in [0.2, 0.25) is 5.02 Å². The number of anilines is 3. The van der Waals surface area contributed by atoms with E-state index in [1.54, 1.807) is 6.26 Å². The van der Waals surface area contributed by atoms with Crippen LogP contribution in [0.4, 0.5) is 17.3 Å². The molecule has 0 aliphatic rings. The summed E-state index contributed by atoms with van der Waals surface area (Å²) in [5.74, 6) is 1.75. The Morgan fingerprint density at radius 3 is 2.60 bits per heavy atom. The van der Waals surface area contributed by atoms with Gasteiger partial charge in [-0.1, -0.05) is 17.7 Å². The van der Waals surface area contributed by atoms with Crippen LogP contribution in [-0.4, -0.2) is 20.3 Å². The highest BCUT2D eigenvalue weighted by atomic mass is 35.5. The summed E-state index contributed by atoms with van der Waals surface area (Å²) in [6.45, 7) is 2.39. The van der Waals surface area contributed by atoms with Crippen molar-refractivity contribution in [3.05, 3.63) is 52.9 Å². The molecule has 9 heteroatoms. The van der Waals surface area contributed by atoms with Crippen molar-refractivity contribution in [2.24, 2.45) is 0 Å². The number of hydrogen-bond donors (Lipinski definition) is 2. The Morgan fingerprint density at radius 2 is 1.88 bits per heavy atom. The minimum Gasteiger partial charge on any atom is -0.467 e. The van der Waals surface area contributed by atoms with Gasteiger partial charge in [-0.2, -0.15) is 0 Å². The molecule has 4 aromatic rings. The number of aromatic nitrogens is 4. The molecule has 8 nitrogen and oxygen atoms in total. The molecule has 0 amide bonds. The highest BCUT2D eigenvalue weighted by Gasteiger charge is 2.13. The molecule has 25 heavy (non-hydrogen) atoms. The van der Waals surface area contributed by atoms with Gasteiger partial charge in [0.2, 0.25) is 11.3 Å². The fourth-order valence-electron chi connectivity index (χ4n) is 2.24. The van der Waals surface area contributed by atoms with Crippen LogP contribution in [0.1, 0.15) is 11.3 Å². The fraction of sp³-hybridized carbons (Fsp3) is 0.125. The van der Waals surface area contributed by atoms with Gasteiger partial charge in [0, 0.05) is 10.7 Å².